The zero-order chi connectivity index (χ0) is 16.7. The van der Waals surface area contributed by atoms with Gasteiger partial charge in [-0.2, -0.15) is 0 Å². The van der Waals surface area contributed by atoms with Crippen molar-refractivity contribution in [1.82, 2.24) is 4.98 Å². The number of carbonyl (C=O) groups excluding carboxylic acids is 2. The largest absolute Gasteiger partial charge is 0.454 e. The highest BCUT2D eigenvalue weighted by Gasteiger charge is 2.54. The van der Waals surface area contributed by atoms with Gasteiger partial charge in [-0.25, -0.2) is 9.78 Å². The number of ketones is 1. The molecule has 1 heterocycles. The number of hydrogen-bond acceptors (Lipinski definition) is 5. The van der Waals surface area contributed by atoms with Crippen molar-refractivity contribution in [2.75, 3.05) is 12.9 Å². The standard InChI is InChI=1S/C19H23NO3S/c1-24-17-15(3-2-4-20-17)18(22)23-11-16(21)19-8-12-5-13(9-19)7-14(6-12)10-19/h2-4,12-14H,5-11H2,1H3. The van der Waals surface area contributed by atoms with Crippen LogP contribution in [-0.2, 0) is 9.53 Å². The summed E-state index contributed by atoms with van der Waals surface area (Å²) in [5, 5.41) is 0.643. The molecule has 24 heavy (non-hydrogen) atoms. The smallest absolute Gasteiger partial charge is 0.341 e. The quantitative estimate of drug-likeness (QED) is 0.601. The number of Topliss-reactive ketones (excluding diaryl/α,β-unsaturated/α-hetero) is 1. The third-order valence-electron chi connectivity index (χ3n) is 6.15. The Hall–Kier alpha value is -1.36. The van der Waals surface area contributed by atoms with Crippen LogP contribution >= 0.6 is 11.8 Å². The van der Waals surface area contributed by atoms with Gasteiger partial charge in [0.25, 0.3) is 0 Å². The van der Waals surface area contributed by atoms with E-state index >= 15 is 0 Å². The molecule has 0 N–H and O–H groups in total. The van der Waals surface area contributed by atoms with Gasteiger partial charge in [0.15, 0.2) is 12.4 Å². The second kappa shape index (κ2) is 6.17. The lowest BCUT2D eigenvalue weighted by atomic mass is 9.48. The number of thioether (sulfide) groups is 1. The summed E-state index contributed by atoms with van der Waals surface area (Å²) in [4.78, 5) is 29.4. The van der Waals surface area contributed by atoms with E-state index in [2.05, 4.69) is 4.98 Å². The molecule has 0 aliphatic heterocycles. The highest BCUT2D eigenvalue weighted by molar-refractivity contribution is 7.98. The molecule has 128 valence electrons. The topological polar surface area (TPSA) is 56.3 Å². The first-order valence-corrected chi connectivity index (χ1v) is 10.0. The number of rotatable bonds is 5. The number of ether oxygens (including phenoxy) is 1. The van der Waals surface area contributed by atoms with Crippen molar-refractivity contribution in [3.05, 3.63) is 23.9 Å². The van der Waals surface area contributed by atoms with Gasteiger partial charge in [-0.05, 0) is 74.7 Å². The highest BCUT2D eigenvalue weighted by Crippen LogP contribution is 2.60. The highest BCUT2D eigenvalue weighted by atomic mass is 32.2. The molecule has 0 spiro atoms. The summed E-state index contributed by atoms with van der Waals surface area (Å²) in [7, 11) is 0. The molecule has 5 heteroatoms. The van der Waals surface area contributed by atoms with Gasteiger partial charge in [0.1, 0.15) is 5.03 Å². The van der Waals surface area contributed by atoms with Crippen molar-refractivity contribution in [2.45, 2.75) is 43.6 Å². The van der Waals surface area contributed by atoms with E-state index in [1.165, 1.54) is 31.0 Å². The van der Waals surface area contributed by atoms with Crippen LogP contribution in [0.15, 0.2) is 23.4 Å². The van der Waals surface area contributed by atoms with Gasteiger partial charge in [0, 0.05) is 11.6 Å². The SMILES string of the molecule is CSc1ncccc1C(=O)OCC(=O)C12CC3CC(CC(C3)C1)C2. The molecule has 4 bridgehead atoms. The first-order chi connectivity index (χ1) is 11.6. The molecule has 0 aromatic carbocycles. The Bertz CT molecular complexity index is 637. The molecule has 5 rings (SSSR count). The van der Waals surface area contributed by atoms with Gasteiger partial charge in [0.05, 0.1) is 5.56 Å². The molecule has 4 aliphatic rings. The normalized spacial score (nSPS) is 33.5. The summed E-state index contributed by atoms with van der Waals surface area (Å²) in [6, 6.07) is 3.42. The lowest BCUT2D eigenvalue weighted by Gasteiger charge is -2.55. The predicted octanol–water partition coefficient (Wildman–Crippen LogP) is 3.75. The van der Waals surface area contributed by atoms with E-state index in [-0.39, 0.29) is 17.8 Å². The molecule has 4 aliphatic carbocycles. The van der Waals surface area contributed by atoms with Crippen LogP contribution in [-0.4, -0.2) is 29.6 Å². The fourth-order valence-corrected chi connectivity index (χ4v) is 6.06. The van der Waals surface area contributed by atoms with E-state index in [1.807, 2.05) is 6.26 Å². The minimum absolute atomic E-state index is 0.0896. The molecule has 0 radical (unpaired) electrons. The van der Waals surface area contributed by atoms with E-state index in [0.717, 1.165) is 37.0 Å². The third kappa shape index (κ3) is 2.77. The molecular weight excluding hydrogens is 322 g/mol. The summed E-state index contributed by atoms with van der Waals surface area (Å²) in [6.45, 7) is -0.0896. The Balaban J connectivity index is 1.43. The molecule has 0 saturated heterocycles. The van der Waals surface area contributed by atoms with Crippen LogP contribution in [0.2, 0.25) is 0 Å². The van der Waals surface area contributed by atoms with Gasteiger partial charge < -0.3 is 4.74 Å². The Morgan fingerprint density at radius 2 is 1.83 bits per heavy atom. The maximum atomic E-state index is 12.9. The van der Waals surface area contributed by atoms with Crippen molar-refractivity contribution in [2.24, 2.45) is 23.2 Å². The van der Waals surface area contributed by atoms with E-state index in [4.69, 9.17) is 4.74 Å². The van der Waals surface area contributed by atoms with Crippen LogP contribution in [0.1, 0.15) is 48.9 Å². The van der Waals surface area contributed by atoms with Crippen LogP contribution in [0.5, 0.6) is 0 Å². The Morgan fingerprint density at radius 1 is 1.21 bits per heavy atom. The lowest BCUT2D eigenvalue weighted by Crippen LogP contribution is -2.51. The van der Waals surface area contributed by atoms with Crippen LogP contribution in [0, 0.1) is 23.2 Å². The summed E-state index contributed by atoms with van der Waals surface area (Å²) >= 11 is 1.41. The van der Waals surface area contributed by atoms with Crippen LogP contribution in [0.3, 0.4) is 0 Å². The van der Waals surface area contributed by atoms with Gasteiger partial charge in [-0.1, -0.05) is 0 Å². The average Bonchev–Trinajstić information content (AvgIpc) is 2.58. The van der Waals surface area contributed by atoms with E-state index in [1.54, 1.807) is 18.3 Å². The second-order valence-electron chi connectivity index (χ2n) is 7.76. The number of pyridine rings is 1. The van der Waals surface area contributed by atoms with Gasteiger partial charge in [0.2, 0.25) is 0 Å². The number of nitrogens with zero attached hydrogens (tertiary/aromatic N) is 1. The zero-order valence-electron chi connectivity index (χ0n) is 14.0. The number of aromatic nitrogens is 1. The summed E-state index contributed by atoms with van der Waals surface area (Å²) in [6.07, 6.45) is 10.5. The molecule has 1 aromatic rings. The second-order valence-corrected chi connectivity index (χ2v) is 8.55. The van der Waals surface area contributed by atoms with E-state index in [0.29, 0.717) is 10.6 Å². The number of hydrogen-bond donors (Lipinski definition) is 0. The van der Waals surface area contributed by atoms with E-state index < -0.39 is 5.97 Å². The van der Waals surface area contributed by atoms with Crippen molar-refractivity contribution in [3.8, 4) is 0 Å². The van der Waals surface area contributed by atoms with Gasteiger partial charge in [-0.3, -0.25) is 4.79 Å². The Kier molecular flexibility index (Phi) is 4.15. The number of carbonyl (C=O) groups is 2. The minimum atomic E-state index is -0.439. The van der Waals surface area contributed by atoms with Crippen LogP contribution < -0.4 is 0 Å². The molecule has 4 fully saturated rings. The first kappa shape index (κ1) is 16.1. The summed E-state index contributed by atoms with van der Waals surface area (Å²) in [5.74, 6) is 1.86. The van der Waals surface area contributed by atoms with Gasteiger partial charge in [-0.15, -0.1) is 11.8 Å². The minimum Gasteiger partial charge on any atom is -0.454 e. The van der Waals surface area contributed by atoms with Crippen molar-refractivity contribution in [3.63, 3.8) is 0 Å². The van der Waals surface area contributed by atoms with Crippen LogP contribution in [0.4, 0.5) is 0 Å². The molecule has 0 unspecified atom stereocenters. The fourth-order valence-electron chi connectivity index (χ4n) is 5.52. The third-order valence-corrected chi connectivity index (χ3v) is 6.86. The van der Waals surface area contributed by atoms with Crippen molar-refractivity contribution >= 4 is 23.5 Å². The monoisotopic (exact) mass is 345 g/mol. The molecule has 4 nitrogen and oxygen atoms in total. The van der Waals surface area contributed by atoms with Crippen LogP contribution in [0.25, 0.3) is 0 Å². The molecule has 0 amide bonds. The first-order valence-electron chi connectivity index (χ1n) is 8.79. The average molecular weight is 345 g/mol. The molecule has 0 atom stereocenters. The maximum absolute atomic E-state index is 12.9. The Labute approximate surface area is 146 Å². The molecular formula is C19H23NO3S. The molecule has 4 saturated carbocycles. The Morgan fingerprint density at radius 3 is 2.42 bits per heavy atom. The number of esters is 1. The lowest BCUT2D eigenvalue weighted by molar-refractivity contribution is -0.147. The van der Waals surface area contributed by atoms with E-state index in [9.17, 15) is 9.59 Å². The summed E-state index contributed by atoms with van der Waals surface area (Å²) in [5.41, 5.74) is 0.245. The fraction of sp³-hybridized carbons (Fsp3) is 0.632. The zero-order valence-corrected chi connectivity index (χ0v) is 14.8. The predicted molar refractivity (Wildman–Crippen MR) is 91.9 cm³/mol. The van der Waals surface area contributed by atoms with Crippen molar-refractivity contribution < 1.29 is 14.3 Å². The van der Waals surface area contributed by atoms with Crippen molar-refractivity contribution in [1.29, 1.82) is 0 Å². The maximum Gasteiger partial charge on any atom is 0.341 e. The van der Waals surface area contributed by atoms with Gasteiger partial charge >= 0.3 is 5.97 Å². The summed E-state index contributed by atoms with van der Waals surface area (Å²) < 4.78 is 5.38. The molecule has 1 aromatic heterocycles.